The van der Waals surface area contributed by atoms with E-state index in [9.17, 15) is 21.6 Å². The van der Waals surface area contributed by atoms with Crippen molar-refractivity contribution in [2.75, 3.05) is 58.0 Å². The first-order valence-corrected chi connectivity index (χ1v) is 13.6. The number of rotatable bonds is 8. The summed E-state index contributed by atoms with van der Waals surface area (Å²) in [5.74, 6) is -0.715. The molecule has 1 unspecified atom stereocenters. The van der Waals surface area contributed by atoms with Crippen LogP contribution in [0.15, 0.2) is 23.1 Å². The Bertz CT molecular complexity index is 1000. The summed E-state index contributed by atoms with van der Waals surface area (Å²) in [6.07, 6.45) is 0.882. The number of sulfonamides is 1. The predicted molar refractivity (Wildman–Crippen MR) is 115 cm³/mol. The smallest absolute Gasteiger partial charge is 0.337 e. The summed E-state index contributed by atoms with van der Waals surface area (Å²) in [5.41, 5.74) is 0.684. The molecule has 0 radical (unpaired) electrons. The average Bonchev–Trinajstić information content (AvgIpc) is 3.10. The number of morpholine rings is 1. The maximum Gasteiger partial charge on any atom is 0.337 e. The van der Waals surface area contributed by atoms with Crippen molar-refractivity contribution in [1.82, 2.24) is 9.21 Å². The Balaban J connectivity index is 1.83. The zero-order valence-electron chi connectivity index (χ0n) is 17.9. The van der Waals surface area contributed by atoms with Crippen molar-refractivity contribution in [3.05, 3.63) is 29.3 Å². The number of nitrogens with zero attached hydrogens (tertiary/aromatic N) is 2. The number of sulfone groups is 1. The maximum atomic E-state index is 13.6. The summed E-state index contributed by atoms with van der Waals surface area (Å²) in [4.78, 5) is 14.1. The third kappa shape index (κ3) is 5.83. The number of hydrogen-bond donors (Lipinski definition) is 0. The summed E-state index contributed by atoms with van der Waals surface area (Å²) in [5, 5.41) is 0. The highest BCUT2D eigenvalue weighted by atomic mass is 32.2. The van der Waals surface area contributed by atoms with Crippen molar-refractivity contribution < 1.29 is 31.1 Å². The number of methoxy groups -OCH3 is 1. The molecular formula is C20H30N2O7S2. The van der Waals surface area contributed by atoms with E-state index in [1.54, 1.807) is 6.92 Å². The Morgan fingerprint density at radius 2 is 2.00 bits per heavy atom. The van der Waals surface area contributed by atoms with Crippen LogP contribution >= 0.6 is 0 Å². The summed E-state index contributed by atoms with van der Waals surface area (Å²) >= 11 is 0. The zero-order valence-corrected chi connectivity index (χ0v) is 19.6. The minimum atomic E-state index is -3.94. The number of aryl methyl sites for hydroxylation is 1. The van der Waals surface area contributed by atoms with Crippen molar-refractivity contribution in [2.45, 2.75) is 30.7 Å². The van der Waals surface area contributed by atoms with E-state index >= 15 is 0 Å². The third-order valence-corrected chi connectivity index (χ3v) is 9.62. The van der Waals surface area contributed by atoms with Gasteiger partial charge in [-0.15, -0.1) is 0 Å². The molecule has 0 aromatic heterocycles. The zero-order chi connectivity index (χ0) is 22.6. The Kier molecular flexibility index (Phi) is 7.74. The minimum Gasteiger partial charge on any atom is -0.465 e. The molecule has 1 aromatic rings. The van der Waals surface area contributed by atoms with Gasteiger partial charge >= 0.3 is 5.97 Å². The molecule has 0 N–H and O–H groups in total. The molecule has 174 valence electrons. The van der Waals surface area contributed by atoms with Crippen LogP contribution < -0.4 is 0 Å². The Morgan fingerprint density at radius 3 is 2.58 bits per heavy atom. The first-order chi connectivity index (χ1) is 14.6. The molecule has 2 aliphatic rings. The highest BCUT2D eigenvalue weighted by Gasteiger charge is 2.39. The summed E-state index contributed by atoms with van der Waals surface area (Å²) in [6.45, 7) is 5.50. The van der Waals surface area contributed by atoms with Gasteiger partial charge < -0.3 is 9.47 Å². The molecule has 2 saturated heterocycles. The molecule has 2 heterocycles. The van der Waals surface area contributed by atoms with Crippen molar-refractivity contribution in [3.8, 4) is 0 Å². The molecule has 2 fully saturated rings. The molecule has 2 aliphatic heterocycles. The number of carbonyl (C=O) groups is 1. The van der Waals surface area contributed by atoms with E-state index in [4.69, 9.17) is 9.47 Å². The predicted octanol–water partition coefficient (Wildman–Crippen LogP) is 0.682. The second kappa shape index (κ2) is 9.95. The summed E-state index contributed by atoms with van der Waals surface area (Å²) < 4.78 is 62.6. The van der Waals surface area contributed by atoms with E-state index in [-0.39, 0.29) is 28.5 Å². The highest BCUT2D eigenvalue weighted by molar-refractivity contribution is 7.92. The molecule has 0 aliphatic carbocycles. The van der Waals surface area contributed by atoms with Crippen LogP contribution in [0.1, 0.15) is 28.8 Å². The van der Waals surface area contributed by atoms with Gasteiger partial charge in [0.15, 0.2) is 9.84 Å². The Labute approximate surface area is 184 Å². The minimum absolute atomic E-state index is 0.00654. The lowest BCUT2D eigenvalue weighted by Crippen LogP contribution is -2.43. The fourth-order valence-electron chi connectivity index (χ4n) is 4.09. The van der Waals surface area contributed by atoms with E-state index in [2.05, 4.69) is 4.90 Å². The number of esters is 1. The fraction of sp³-hybridized carbons (Fsp3) is 0.650. The van der Waals surface area contributed by atoms with Crippen LogP contribution in [-0.4, -0.2) is 96.1 Å². The van der Waals surface area contributed by atoms with Crippen molar-refractivity contribution in [1.29, 1.82) is 0 Å². The average molecular weight is 475 g/mol. The van der Waals surface area contributed by atoms with E-state index in [1.807, 2.05) is 0 Å². The Hall–Kier alpha value is -1.53. The Morgan fingerprint density at radius 1 is 1.29 bits per heavy atom. The van der Waals surface area contributed by atoms with Gasteiger partial charge in [0.2, 0.25) is 10.0 Å². The molecule has 0 saturated carbocycles. The number of carbonyl (C=O) groups excluding carboxylic acids is 1. The normalized spacial score (nSPS) is 22.0. The molecule has 9 nitrogen and oxygen atoms in total. The molecule has 0 spiro atoms. The van der Waals surface area contributed by atoms with Crippen molar-refractivity contribution in [2.24, 2.45) is 0 Å². The molecular weight excluding hydrogens is 444 g/mol. The molecule has 1 atom stereocenters. The van der Waals surface area contributed by atoms with E-state index in [0.29, 0.717) is 31.6 Å². The van der Waals surface area contributed by atoms with Gasteiger partial charge in [-0.05, 0) is 50.1 Å². The quantitative estimate of drug-likeness (QED) is 0.506. The molecule has 11 heteroatoms. The first-order valence-electron chi connectivity index (χ1n) is 10.4. The van der Waals surface area contributed by atoms with Crippen LogP contribution in [0.4, 0.5) is 0 Å². The largest absolute Gasteiger partial charge is 0.465 e. The molecule has 31 heavy (non-hydrogen) atoms. The third-order valence-electron chi connectivity index (χ3n) is 5.75. The second-order valence-electron chi connectivity index (χ2n) is 7.95. The van der Waals surface area contributed by atoms with Gasteiger partial charge in [0.1, 0.15) is 0 Å². The van der Waals surface area contributed by atoms with Crippen molar-refractivity contribution in [3.63, 3.8) is 0 Å². The van der Waals surface area contributed by atoms with Gasteiger partial charge in [-0.1, -0.05) is 0 Å². The maximum absolute atomic E-state index is 13.6. The van der Waals surface area contributed by atoms with E-state index in [0.717, 1.165) is 19.6 Å². The SMILES string of the molecule is COC(=O)c1ccc(S(=O)(=O)N(CCCN2CCOCC2)C2CCS(=O)(=O)C2)c(C)c1. The molecule has 1 aromatic carbocycles. The van der Waals surface area contributed by atoms with Gasteiger partial charge in [-0.3, -0.25) is 4.90 Å². The number of ether oxygens (including phenoxy) is 2. The van der Waals surface area contributed by atoms with E-state index < -0.39 is 31.9 Å². The van der Waals surface area contributed by atoms with Crippen LogP contribution in [0.2, 0.25) is 0 Å². The monoisotopic (exact) mass is 474 g/mol. The van der Waals surface area contributed by atoms with Gasteiger partial charge in [0.25, 0.3) is 0 Å². The number of hydrogen-bond acceptors (Lipinski definition) is 8. The lowest BCUT2D eigenvalue weighted by Gasteiger charge is -2.30. The van der Waals surface area contributed by atoms with Crippen LogP contribution in [0.3, 0.4) is 0 Å². The standard InChI is InChI=1S/C20H30N2O7S2/c1-16-14-17(20(23)28-2)4-5-19(16)31(26,27)22(18-6-13-30(24,25)15-18)8-3-7-21-9-11-29-12-10-21/h4-5,14,18H,3,6-13,15H2,1-2H3. The molecule has 3 rings (SSSR count). The summed E-state index contributed by atoms with van der Waals surface area (Å²) in [7, 11) is -5.94. The topological polar surface area (TPSA) is 110 Å². The van der Waals surface area contributed by atoms with Crippen molar-refractivity contribution >= 4 is 25.8 Å². The lowest BCUT2D eigenvalue weighted by molar-refractivity contribution is 0.0367. The van der Waals surface area contributed by atoms with Crippen LogP contribution in [0, 0.1) is 6.92 Å². The second-order valence-corrected chi connectivity index (χ2v) is 12.0. The van der Waals surface area contributed by atoms with Gasteiger partial charge in [-0.25, -0.2) is 21.6 Å². The van der Waals surface area contributed by atoms with Crippen LogP contribution in [0.5, 0.6) is 0 Å². The van der Waals surface area contributed by atoms with Crippen LogP contribution in [0.25, 0.3) is 0 Å². The van der Waals surface area contributed by atoms with Gasteiger partial charge in [0, 0.05) is 25.7 Å². The van der Waals surface area contributed by atoms with Gasteiger partial charge in [0.05, 0.1) is 42.3 Å². The molecule has 0 amide bonds. The molecule has 0 bridgehead atoms. The fourth-order valence-corrected chi connectivity index (χ4v) is 7.81. The van der Waals surface area contributed by atoms with Gasteiger partial charge in [-0.2, -0.15) is 4.31 Å². The lowest BCUT2D eigenvalue weighted by atomic mass is 10.1. The first kappa shape index (κ1) is 24.1. The highest BCUT2D eigenvalue weighted by Crippen LogP contribution is 2.28. The van der Waals surface area contributed by atoms with Crippen LogP contribution in [-0.2, 0) is 29.3 Å². The summed E-state index contributed by atoms with van der Waals surface area (Å²) in [6, 6.07) is 3.72. The van der Waals surface area contributed by atoms with E-state index in [1.165, 1.54) is 29.6 Å². The number of benzene rings is 1.